The highest BCUT2D eigenvalue weighted by atomic mass is 32.2. The maximum atomic E-state index is 12.9. The molecule has 0 spiro atoms. The van der Waals surface area contributed by atoms with Crippen LogP contribution in [0.4, 0.5) is 10.5 Å². The van der Waals surface area contributed by atoms with Gasteiger partial charge in [0.1, 0.15) is 0 Å². The van der Waals surface area contributed by atoms with Gasteiger partial charge in [-0.15, -0.1) is 0 Å². The van der Waals surface area contributed by atoms with Gasteiger partial charge in [0, 0.05) is 48.4 Å². The topological polar surface area (TPSA) is 120 Å². The molecule has 2 aliphatic heterocycles. The fourth-order valence-corrected chi connectivity index (χ4v) is 6.11. The lowest BCUT2D eigenvalue weighted by Crippen LogP contribution is -2.47. The fourth-order valence-electron chi connectivity index (χ4n) is 5.43. The molecule has 0 radical (unpaired) electrons. The molecular weight excluding hydrogens is 502 g/mol. The zero-order valence-electron chi connectivity index (χ0n) is 21.1. The third-order valence-corrected chi connectivity index (χ3v) is 8.30. The molecule has 5 rings (SSSR count). The second-order valence-corrected chi connectivity index (χ2v) is 11.0. The molecule has 0 unspecified atom stereocenters. The second-order valence-electron chi connectivity index (χ2n) is 9.99. The summed E-state index contributed by atoms with van der Waals surface area (Å²) >= 11 is 0.905. The third kappa shape index (κ3) is 5.91. The van der Waals surface area contributed by atoms with Crippen molar-refractivity contribution in [1.82, 2.24) is 20.9 Å². The summed E-state index contributed by atoms with van der Waals surface area (Å²) in [6.45, 7) is 5.11. The fraction of sp³-hybridized carbons (Fsp3) is 0.393. The number of benzene rings is 1. The molecule has 2 saturated heterocycles. The Morgan fingerprint density at radius 2 is 1.76 bits per heavy atom. The summed E-state index contributed by atoms with van der Waals surface area (Å²) in [5.74, 6) is -0.409. The molecule has 4 amide bonds. The van der Waals surface area contributed by atoms with E-state index in [1.165, 1.54) is 6.08 Å². The Labute approximate surface area is 225 Å². The molecule has 3 heterocycles. The minimum atomic E-state index is -0.372. The minimum absolute atomic E-state index is 0.00278. The molecule has 3 aliphatic rings. The van der Waals surface area contributed by atoms with E-state index < -0.39 is 0 Å². The Hall–Kier alpha value is -3.66. The number of carbonyl (C=O) groups excluding carboxylic acids is 4. The summed E-state index contributed by atoms with van der Waals surface area (Å²) in [4.78, 5) is 55.1. The van der Waals surface area contributed by atoms with Gasteiger partial charge in [-0.1, -0.05) is 12.6 Å². The van der Waals surface area contributed by atoms with Gasteiger partial charge >= 0.3 is 0 Å². The molecule has 1 aromatic heterocycles. The van der Waals surface area contributed by atoms with Gasteiger partial charge in [0.15, 0.2) is 0 Å². The van der Waals surface area contributed by atoms with Gasteiger partial charge in [0.05, 0.1) is 10.4 Å². The number of fused-ring (bicyclic) bond motifs is 1. The number of rotatable bonds is 6. The molecule has 10 heteroatoms. The molecule has 0 atom stereocenters. The molecular formula is C28H31N5O4S. The van der Waals surface area contributed by atoms with Crippen LogP contribution in [0.25, 0.3) is 17.0 Å². The van der Waals surface area contributed by atoms with E-state index in [9.17, 15) is 19.2 Å². The number of hydrogen-bond donors (Lipinski definition) is 3. The van der Waals surface area contributed by atoms with E-state index in [4.69, 9.17) is 0 Å². The van der Waals surface area contributed by atoms with Crippen LogP contribution in [-0.2, 0) is 14.4 Å². The SMILES string of the molecule is C=CC(=O)NC1CCC(C(=O)NC2CCN(c3ccnc4ccc(C=C5SC(=O)NC5=O)cc34)CC2)CC1. The molecule has 38 heavy (non-hydrogen) atoms. The summed E-state index contributed by atoms with van der Waals surface area (Å²) in [5.41, 5.74) is 2.76. The van der Waals surface area contributed by atoms with Crippen LogP contribution in [-0.4, -0.2) is 53.1 Å². The molecule has 2 aromatic rings. The van der Waals surface area contributed by atoms with Crippen molar-refractivity contribution in [2.45, 2.75) is 50.6 Å². The third-order valence-electron chi connectivity index (χ3n) is 7.49. The van der Waals surface area contributed by atoms with E-state index in [1.54, 1.807) is 12.3 Å². The van der Waals surface area contributed by atoms with Gasteiger partial charge in [0.2, 0.25) is 11.8 Å². The predicted octanol–water partition coefficient (Wildman–Crippen LogP) is 3.50. The standard InChI is InChI=1S/C28H31N5O4S/c1-2-25(34)30-19-6-4-18(5-7-19)26(35)31-20-10-13-33(14-11-20)23-9-12-29-22-8-3-17(15-21(22)23)16-24-27(36)32-28(37)38-24/h2-3,8-9,12,15-16,18-20H,1,4-7,10-11,13-14H2,(H,30,34)(H,31,35)(H,32,36,37). The van der Waals surface area contributed by atoms with Crippen LogP contribution < -0.4 is 20.9 Å². The smallest absolute Gasteiger partial charge is 0.290 e. The molecule has 1 aliphatic carbocycles. The molecule has 198 valence electrons. The number of anilines is 1. The summed E-state index contributed by atoms with van der Waals surface area (Å²) < 4.78 is 0. The van der Waals surface area contributed by atoms with Crippen molar-refractivity contribution >= 4 is 57.4 Å². The number of imide groups is 1. The van der Waals surface area contributed by atoms with Gasteiger partial charge in [-0.3, -0.25) is 29.5 Å². The van der Waals surface area contributed by atoms with Crippen molar-refractivity contribution in [2.24, 2.45) is 5.92 Å². The Morgan fingerprint density at radius 3 is 2.45 bits per heavy atom. The number of piperidine rings is 1. The largest absolute Gasteiger partial charge is 0.371 e. The van der Waals surface area contributed by atoms with Crippen molar-refractivity contribution in [3.8, 4) is 0 Å². The van der Waals surface area contributed by atoms with Gasteiger partial charge in [-0.2, -0.15) is 0 Å². The van der Waals surface area contributed by atoms with Gasteiger partial charge < -0.3 is 15.5 Å². The summed E-state index contributed by atoms with van der Waals surface area (Å²) in [7, 11) is 0. The highest BCUT2D eigenvalue weighted by Gasteiger charge is 2.30. The lowest BCUT2D eigenvalue weighted by molar-refractivity contribution is -0.127. The van der Waals surface area contributed by atoms with Gasteiger partial charge in [-0.05, 0) is 86.2 Å². The van der Waals surface area contributed by atoms with Crippen molar-refractivity contribution in [2.75, 3.05) is 18.0 Å². The number of nitrogens with one attached hydrogen (secondary N) is 3. The Kier molecular flexibility index (Phi) is 7.78. The van der Waals surface area contributed by atoms with Crippen molar-refractivity contribution < 1.29 is 19.2 Å². The van der Waals surface area contributed by atoms with Crippen molar-refractivity contribution in [3.05, 3.63) is 53.6 Å². The van der Waals surface area contributed by atoms with Crippen LogP contribution in [0.3, 0.4) is 0 Å². The van der Waals surface area contributed by atoms with E-state index in [2.05, 4.69) is 32.4 Å². The van der Waals surface area contributed by atoms with Crippen LogP contribution >= 0.6 is 11.8 Å². The lowest BCUT2D eigenvalue weighted by atomic mass is 9.85. The summed E-state index contributed by atoms with van der Waals surface area (Å²) in [6, 6.07) is 8.09. The highest BCUT2D eigenvalue weighted by molar-refractivity contribution is 8.18. The summed E-state index contributed by atoms with van der Waals surface area (Å²) in [6.07, 6.45) is 9.69. The zero-order valence-corrected chi connectivity index (χ0v) is 21.9. The Morgan fingerprint density at radius 1 is 1.03 bits per heavy atom. The molecule has 3 N–H and O–H groups in total. The molecule has 0 bridgehead atoms. The van der Waals surface area contributed by atoms with Crippen LogP contribution in [0.1, 0.15) is 44.1 Å². The quantitative estimate of drug-likeness (QED) is 0.486. The first-order chi connectivity index (χ1) is 18.4. The number of hydrogen-bond acceptors (Lipinski definition) is 7. The summed E-state index contributed by atoms with van der Waals surface area (Å²) in [5, 5.41) is 9.11. The molecule has 3 fully saturated rings. The molecule has 9 nitrogen and oxygen atoms in total. The maximum Gasteiger partial charge on any atom is 0.290 e. The average molecular weight is 534 g/mol. The van der Waals surface area contributed by atoms with E-state index in [1.807, 2.05) is 24.3 Å². The van der Waals surface area contributed by atoms with Crippen molar-refractivity contribution in [3.63, 3.8) is 0 Å². The van der Waals surface area contributed by atoms with Gasteiger partial charge in [0.25, 0.3) is 11.1 Å². The highest BCUT2D eigenvalue weighted by Crippen LogP contribution is 2.31. The number of nitrogens with zero attached hydrogens (tertiary/aromatic N) is 2. The van der Waals surface area contributed by atoms with Gasteiger partial charge in [-0.25, -0.2) is 0 Å². The maximum absolute atomic E-state index is 12.9. The Bertz CT molecular complexity index is 1310. The number of aromatic nitrogens is 1. The van der Waals surface area contributed by atoms with Crippen LogP contribution in [0.2, 0.25) is 0 Å². The zero-order chi connectivity index (χ0) is 26.6. The van der Waals surface area contributed by atoms with Crippen LogP contribution in [0.15, 0.2) is 48.0 Å². The number of amides is 4. The monoisotopic (exact) mass is 533 g/mol. The Balaban J connectivity index is 1.19. The first-order valence-electron chi connectivity index (χ1n) is 13.0. The van der Waals surface area contributed by atoms with E-state index in [0.29, 0.717) is 4.91 Å². The lowest BCUT2D eigenvalue weighted by Gasteiger charge is -2.35. The van der Waals surface area contributed by atoms with E-state index in [0.717, 1.165) is 85.5 Å². The normalized spacial score (nSPS) is 23.4. The van der Waals surface area contributed by atoms with E-state index >= 15 is 0 Å². The average Bonchev–Trinajstić information content (AvgIpc) is 3.25. The number of pyridine rings is 1. The first-order valence-corrected chi connectivity index (χ1v) is 13.8. The second kappa shape index (κ2) is 11.4. The molecule has 1 saturated carbocycles. The van der Waals surface area contributed by atoms with Crippen molar-refractivity contribution in [1.29, 1.82) is 0 Å². The number of thioether (sulfide) groups is 1. The first kappa shape index (κ1) is 26.0. The van der Waals surface area contributed by atoms with Crippen LogP contribution in [0, 0.1) is 5.92 Å². The number of carbonyl (C=O) groups is 4. The minimum Gasteiger partial charge on any atom is -0.371 e. The van der Waals surface area contributed by atoms with Crippen LogP contribution in [0.5, 0.6) is 0 Å². The van der Waals surface area contributed by atoms with E-state index in [-0.39, 0.29) is 41.0 Å². The predicted molar refractivity (Wildman–Crippen MR) is 148 cm³/mol. The molecule has 1 aromatic carbocycles.